The maximum atomic E-state index is 14.2. The third-order valence-electron chi connectivity index (χ3n) is 2.85. The maximum absolute atomic E-state index is 14.2. The fourth-order valence-corrected chi connectivity index (χ4v) is 1.73. The Morgan fingerprint density at radius 3 is 2.95 bits per heavy atom. The second-order valence-corrected chi connectivity index (χ2v) is 4.52. The van der Waals surface area contributed by atoms with Gasteiger partial charge in [-0.25, -0.2) is 9.37 Å². The topological polar surface area (TPSA) is 54.5 Å². The Bertz CT molecular complexity index is 440. The zero-order chi connectivity index (χ0) is 15.0. The highest BCUT2D eigenvalue weighted by Gasteiger charge is 2.18. The third kappa shape index (κ3) is 4.45. The Hall–Kier alpha value is -1.69. The Labute approximate surface area is 119 Å². The molecule has 5 nitrogen and oxygen atoms in total. The number of methoxy groups -OCH3 is 1. The summed E-state index contributed by atoms with van der Waals surface area (Å²) in [7, 11) is 3.26. The van der Waals surface area contributed by atoms with Crippen molar-refractivity contribution >= 4 is 11.7 Å². The Balaban J connectivity index is 2.76. The van der Waals surface area contributed by atoms with Crippen molar-refractivity contribution in [1.82, 2.24) is 9.88 Å². The summed E-state index contributed by atoms with van der Waals surface area (Å²) in [4.78, 5) is 17.6. The minimum absolute atomic E-state index is 0.0403. The third-order valence-corrected chi connectivity index (χ3v) is 2.85. The molecule has 1 rings (SSSR count). The molecule has 1 aromatic heterocycles. The number of ether oxygens (including phenoxy) is 1. The molecule has 6 heteroatoms. The first-order chi connectivity index (χ1) is 9.61. The van der Waals surface area contributed by atoms with Gasteiger partial charge in [-0.3, -0.25) is 4.79 Å². The van der Waals surface area contributed by atoms with Crippen molar-refractivity contribution in [3.8, 4) is 0 Å². The number of nitrogens with zero attached hydrogens (tertiary/aromatic N) is 2. The van der Waals surface area contributed by atoms with Crippen LogP contribution in [-0.4, -0.2) is 49.6 Å². The van der Waals surface area contributed by atoms with E-state index in [0.29, 0.717) is 26.1 Å². The zero-order valence-electron chi connectivity index (χ0n) is 12.3. The van der Waals surface area contributed by atoms with E-state index in [9.17, 15) is 9.18 Å². The number of halogens is 1. The summed E-state index contributed by atoms with van der Waals surface area (Å²) < 4.78 is 19.1. The second-order valence-electron chi connectivity index (χ2n) is 4.52. The van der Waals surface area contributed by atoms with Crippen molar-refractivity contribution in [2.45, 2.75) is 19.8 Å². The molecule has 1 heterocycles. The number of pyridine rings is 1. The fraction of sp³-hybridized carbons (Fsp3) is 0.571. The molecule has 1 amide bonds. The van der Waals surface area contributed by atoms with Gasteiger partial charge in [0.2, 0.25) is 0 Å². The summed E-state index contributed by atoms with van der Waals surface area (Å²) in [5.41, 5.74) is 0.0403. The predicted octanol–water partition coefficient (Wildman–Crippen LogP) is 2.15. The number of rotatable bonds is 8. The van der Waals surface area contributed by atoms with Gasteiger partial charge in [0.25, 0.3) is 5.91 Å². The molecular formula is C14H22FN3O2. The number of hydrogen-bond donors (Lipinski definition) is 1. The highest BCUT2D eigenvalue weighted by molar-refractivity contribution is 5.95. The van der Waals surface area contributed by atoms with Gasteiger partial charge in [-0.15, -0.1) is 0 Å². The highest BCUT2D eigenvalue weighted by atomic mass is 19.1. The summed E-state index contributed by atoms with van der Waals surface area (Å²) in [6.07, 6.45) is 3.01. The van der Waals surface area contributed by atoms with Crippen LogP contribution in [0.15, 0.2) is 12.3 Å². The lowest BCUT2D eigenvalue weighted by atomic mass is 10.2. The molecule has 0 unspecified atom stereocenters. The van der Waals surface area contributed by atoms with E-state index in [-0.39, 0.29) is 17.3 Å². The van der Waals surface area contributed by atoms with Crippen LogP contribution in [0.25, 0.3) is 0 Å². The maximum Gasteiger partial charge on any atom is 0.256 e. The normalized spacial score (nSPS) is 10.4. The molecule has 0 radical (unpaired) electrons. The fourth-order valence-electron chi connectivity index (χ4n) is 1.73. The molecular weight excluding hydrogens is 261 g/mol. The van der Waals surface area contributed by atoms with Gasteiger partial charge in [-0.2, -0.15) is 0 Å². The zero-order valence-corrected chi connectivity index (χ0v) is 12.3. The molecule has 0 spiro atoms. The molecule has 0 fully saturated rings. The number of anilines is 1. The Morgan fingerprint density at radius 2 is 2.30 bits per heavy atom. The predicted molar refractivity (Wildman–Crippen MR) is 76.4 cm³/mol. The smallest absolute Gasteiger partial charge is 0.256 e. The van der Waals surface area contributed by atoms with Crippen LogP contribution in [0, 0.1) is 5.82 Å². The summed E-state index contributed by atoms with van der Waals surface area (Å²) in [5, 5.41) is 2.87. The van der Waals surface area contributed by atoms with Crippen molar-refractivity contribution < 1.29 is 13.9 Å². The molecule has 0 bridgehead atoms. The van der Waals surface area contributed by atoms with E-state index in [1.165, 1.54) is 17.2 Å². The van der Waals surface area contributed by atoms with Gasteiger partial charge in [0.15, 0.2) is 11.6 Å². The lowest BCUT2D eigenvalue weighted by Gasteiger charge is -2.18. The van der Waals surface area contributed by atoms with Gasteiger partial charge >= 0.3 is 0 Å². The van der Waals surface area contributed by atoms with Crippen LogP contribution in [0.5, 0.6) is 0 Å². The summed E-state index contributed by atoms with van der Waals surface area (Å²) in [6, 6.07) is 1.40. The quantitative estimate of drug-likeness (QED) is 0.743. The van der Waals surface area contributed by atoms with Gasteiger partial charge in [0.1, 0.15) is 0 Å². The van der Waals surface area contributed by atoms with Crippen molar-refractivity contribution in [2.75, 3.05) is 39.2 Å². The highest BCUT2D eigenvalue weighted by Crippen LogP contribution is 2.16. The lowest BCUT2D eigenvalue weighted by Crippen LogP contribution is -2.29. The molecule has 112 valence electrons. The van der Waals surface area contributed by atoms with E-state index in [1.807, 2.05) is 6.92 Å². The molecule has 1 N–H and O–H groups in total. The van der Waals surface area contributed by atoms with Gasteiger partial charge < -0.3 is 15.0 Å². The molecule has 0 aliphatic rings. The molecule has 0 atom stereocenters. The van der Waals surface area contributed by atoms with E-state index in [2.05, 4.69) is 10.3 Å². The van der Waals surface area contributed by atoms with Crippen LogP contribution in [-0.2, 0) is 4.74 Å². The first kappa shape index (κ1) is 16.4. The lowest BCUT2D eigenvalue weighted by molar-refractivity contribution is 0.0774. The average molecular weight is 283 g/mol. The molecule has 0 aliphatic carbocycles. The number of aromatic nitrogens is 1. The van der Waals surface area contributed by atoms with Crippen molar-refractivity contribution in [3.05, 3.63) is 23.6 Å². The van der Waals surface area contributed by atoms with Crippen LogP contribution in [0.2, 0.25) is 0 Å². The van der Waals surface area contributed by atoms with E-state index >= 15 is 0 Å². The SMILES string of the molecule is CCCNc1nccc(C(=O)N(C)CCCOC)c1F. The van der Waals surface area contributed by atoms with Gasteiger partial charge in [-0.1, -0.05) is 6.92 Å². The van der Waals surface area contributed by atoms with Crippen LogP contribution in [0.4, 0.5) is 10.2 Å². The molecule has 0 saturated carbocycles. The Morgan fingerprint density at radius 1 is 1.55 bits per heavy atom. The molecule has 0 saturated heterocycles. The second kappa shape index (κ2) is 8.47. The summed E-state index contributed by atoms with van der Waals surface area (Å²) in [6.45, 7) is 3.68. The van der Waals surface area contributed by atoms with Crippen LogP contribution < -0.4 is 5.32 Å². The molecule has 0 aliphatic heterocycles. The van der Waals surface area contributed by atoms with Crippen LogP contribution >= 0.6 is 0 Å². The summed E-state index contributed by atoms with van der Waals surface area (Å²) >= 11 is 0. The number of carbonyl (C=O) groups excluding carboxylic acids is 1. The van der Waals surface area contributed by atoms with Gasteiger partial charge in [-0.05, 0) is 18.9 Å². The van der Waals surface area contributed by atoms with E-state index in [1.54, 1.807) is 14.2 Å². The number of nitrogens with one attached hydrogen (secondary N) is 1. The first-order valence-electron chi connectivity index (χ1n) is 6.74. The van der Waals surface area contributed by atoms with Gasteiger partial charge in [0.05, 0.1) is 5.56 Å². The molecule has 20 heavy (non-hydrogen) atoms. The molecule has 1 aromatic rings. The minimum Gasteiger partial charge on any atom is -0.385 e. The monoisotopic (exact) mass is 283 g/mol. The largest absolute Gasteiger partial charge is 0.385 e. The van der Waals surface area contributed by atoms with E-state index in [4.69, 9.17) is 4.74 Å². The van der Waals surface area contributed by atoms with E-state index < -0.39 is 5.82 Å². The number of hydrogen-bond acceptors (Lipinski definition) is 4. The Kier molecular flexibility index (Phi) is 6.93. The molecule has 0 aromatic carbocycles. The van der Waals surface area contributed by atoms with Crippen molar-refractivity contribution in [1.29, 1.82) is 0 Å². The number of carbonyl (C=O) groups is 1. The first-order valence-corrected chi connectivity index (χ1v) is 6.74. The van der Waals surface area contributed by atoms with Gasteiger partial charge in [0, 0.05) is 40.1 Å². The van der Waals surface area contributed by atoms with Crippen molar-refractivity contribution in [3.63, 3.8) is 0 Å². The number of amides is 1. The van der Waals surface area contributed by atoms with Crippen LogP contribution in [0.1, 0.15) is 30.1 Å². The van der Waals surface area contributed by atoms with Crippen LogP contribution in [0.3, 0.4) is 0 Å². The summed E-state index contributed by atoms with van der Waals surface area (Å²) in [5.74, 6) is -0.812. The van der Waals surface area contributed by atoms with Crippen molar-refractivity contribution in [2.24, 2.45) is 0 Å². The van der Waals surface area contributed by atoms with E-state index in [0.717, 1.165) is 6.42 Å². The standard InChI is InChI=1S/C14H22FN3O2/c1-4-7-16-13-12(15)11(6-8-17-13)14(19)18(2)9-5-10-20-3/h6,8H,4-5,7,9-10H2,1-3H3,(H,16,17). The minimum atomic E-state index is -0.593. The average Bonchev–Trinajstić information content (AvgIpc) is 2.45.